The molecule has 0 radical (unpaired) electrons. The lowest BCUT2D eigenvalue weighted by Gasteiger charge is -2.07. The number of aromatic amines is 1. The molecule has 3 aromatic rings. The topological polar surface area (TPSA) is 67.0 Å². The lowest BCUT2D eigenvalue weighted by molar-refractivity contribution is -0.123. The number of rotatable bonds is 6. The Labute approximate surface area is 136 Å². The maximum absolute atomic E-state index is 13.4. The van der Waals surface area contributed by atoms with Gasteiger partial charge in [-0.1, -0.05) is 12.1 Å². The van der Waals surface area contributed by atoms with Crippen LogP contribution in [0.15, 0.2) is 42.5 Å². The van der Waals surface area contributed by atoms with Crippen LogP contribution in [0.1, 0.15) is 5.82 Å². The number of nitrogens with zero attached hydrogens (tertiary/aromatic N) is 1. The monoisotopic (exact) mass is 331 g/mol. The Morgan fingerprint density at radius 2 is 2.04 bits per heavy atom. The average molecular weight is 331 g/mol. The van der Waals surface area contributed by atoms with Crippen molar-refractivity contribution in [3.8, 4) is 5.75 Å². The number of hydrogen-bond donors (Lipinski definition) is 2. The van der Waals surface area contributed by atoms with Crippen molar-refractivity contribution in [1.29, 1.82) is 0 Å². The zero-order valence-corrected chi connectivity index (χ0v) is 12.7. The summed E-state index contributed by atoms with van der Waals surface area (Å²) in [5, 5.41) is 2.66. The van der Waals surface area contributed by atoms with E-state index in [4.69, 9.17) is 4.74 Å². The van der Waals surface area contributed by atoms with Crippen LogP contribution in [0.4, 0.5) is 8.78 Å². The Bertz CT molecular complexity index is 831. The quantitative estimate of drug-likeness (QED) is 0.729. The number of amides is 1. The van der Waals surface area contributed by atoms with Crippen molar-refractivity contribution in [1.82, 2.24) is 15.3 Å². The molecule has 5 nitrogen and oxygen atoms in total. The number of ether oxygens (including phenoxy) is 1. The second-order valence-corrected chi connectivity index (χ2v) is 5.16. The molecule has 2 aromatic carbocycles. The van der Waals surface area contributed by atoms with Crippen molar-refractivity contribution in [2.75, 3.05) is 13.2 Å². The summed E-state index contributed by atoms with van der Waals surface area (Å²) in [5.74, 6) is -1.33. The molecule has 24 heavy (non-hydrogen) atoms. The molecule has 0 aliphatic heterocycles. The highest BCUT2D eigenvalue weighted by atomic mass is 19.1. The summed E-state index contributed by atoms with van der Waals surface area (Å²) in [4.78, 5) is 19.3. The Kier molecular flexibility index (Phi) is 4.69. The predicted molar refractivity (Wildman–Crippen MR) is 84.7 cm³/mol. The molecule has 0 saturated carbocycles. The smallest absolute Gasteiger partial charge is 0.257 e. The lowest BCUT2D eigenvalue weighted by atomic mass is 10.3. The Balaban J connectivity index is 1.45. The summed E-state index contributed by atoms with van der Waals surface area (Å²) in [6.45, 7) is 0.0244. The van der Waals surface area contributed by atoms with Crippen LogP contribution in [0.5, 0.6) is 5.75 Å². The number of benzene rings is 2. The molecule has 1 amide bonds. The van der Waals surface area contributed by atoms with E-state index in [0.29, 0.717) is 19.0 Å². The summed E-state index contributed by atoms with van der Waals surface area (Å²) in [6, 6.07) is 10.6. The number of carbonyl (C=O) groups excluding carboxylic acids is 1. The number of halogens is 2. The van der Waals surface area contributed by atoms with Crippen LogP contribution in [-0.2, 0) is 11.2 Å². The lowest BCUT2D eigenvalue weighted by Crippen LogP contribution is -2.30. The van der Waals surface area contributed by atoms with Crippen molar-refractivity contribution >= 4 is 16.9 Å². The molecule has 7 heteroatoms. The molecule has 0 unspecified atom stereocenters. The first-order valence-electron chi connectivity index (χ1n) is 7.40. The number of fused-ring (bicyclic) bond motifs is 1. The molecule has 0 bridgehead atoms. The van der Waals surface area contributed by atoms with Gasteiger partial charge in [-0.2, -0.15) is 0 Å². The average Bonchev–Trinajstić information content (AvgIpc) is 2.96. The van der Waals surface area contributed by atoms with Gasteiger partial charge in [-0.05, 0) is 24.3 Å². The molecule has 2 N–H and O–H groups in total. The fraction of sp³-hybridized carbons (Fsp3) is 0.176. The van der Waals surface area contributed by atoms with Gasteiger partial charge in [-0.3, -0.25) is 4.79 Å². The second kappa shape index (κ2) is 7.08. The molecule has 124 valence electrons. The molecule has 1 heterocycles. The van der Waals surface area contributed by atoms with Crippen LogP contribution in [-0.4, -0.2) is 29.0 Å². The zero-order valence-electron chi connectivity index (χ0n) is 12.7. The maximum atomic E-state index is 13.4. The molecule has 0 atom stereocenters. The normalized spacial score (nSPS) is 10.8. The number of carbonyl (C=O) groups is 1. The van der Waals surface area contributed by atoms with E-state index in [2.05, 4.69) is 15.3 Å². The van der Waals surface area contributed by atoms with Crippen LogP contribution in [0.25, 0.3) is 11.0 Å². The Morgan fingerprint density at radius 1 is 1.21 bits per heavy atom. The number of hydrogen-bond acceptors (Lipinski definition) is 3. The highest BCUT2D eigenvalue weighted by Gasteiger charge is 2.08. The molecule has 0 aliphatic carbocycles. The van der Waals surface area contributed by atoms with E-state index >= 15 is 0 Å². The molecule has 1 aromatic heterocycles. The third kappa shape index (κ3) is 3.87. The van der Waals surface area contributed by atoms with Crippen molar-refractivity contribution in [2.24, 2.45) is 0 Å². The molecule has 0 spiro atoms. The van der Waals surface area contributed by atoms with Gasteiger partial charge in [0.1, 0.15) is 11.6 Å². The van der Waals surface area contributed by atoms with E-state index in [1.165, 1.54) is 0 Å². The van der Waals surface area contributed by atoms with Crippen molar-refractivity contribution in [3.05, 3.63) is 59.9 Å². The van der Waals surface area contributed by atoms with E-state index in [1.807, 2.05) is 24.3 Å². The van der Waals surface area contributed by atoms with Crippen LogP contribution >= 0.6 is 0 Å². The molecule has 0 aliphatic rings. The van der Waals surface area contributed by atoms with E-state index in [0.717, 1.165) is 29.0 Å². The summed E-state index contributed by atoms with van der Waals surface area (Å²) in [5.41, 5.74) is 1.81. The van der Waals surface area contributed by atoms with E-state index in [-0.39, 0.29) is 12.4 Å². The number of H-pyrrole nitrogens is 1. The highest BCUT2D eigenvalue weighted by molar-refractivity contribution is 5.77. The number of imidazole rings is 1. The summed E-state index contributed by atoms with van der Waals surface area (Å²) in [6.07, 6.45) is 0.533. The standard InChI is InChI=1S/C17H15F2N3O2/c18-11-5-6-15(12(19)9-11)24-10-17(23)20-8-7-16-21-13-3-1-2-4-14(13)22-16/h1-6,9H,7-8,10H2,(H,20,23)(H,21,22). The van der Waals surface area contributed by atoms with Gasteiger partial charge in [-0.25, -0.2) is 13.8 Å². The zero-order chi connectivity index (χ0) is 16.9. The van der Waals surface area contributed by atoms with Crippen molar-refractivity contribution in [3.63, 3.8) is 0 Å². The van der Waals surface area contributed by atoms with Gasteiger partial charge in [0.2, 0.25) is 0 Å². The Morgan fingerprint density at radius 3 is 2.83 bits per heavy atom. The van der Waals surface area contributed by atoms with Gasteiger partial charge >= 0.3 is 0 Å². The van der Waals surface area contributed by atoms with E-state index in [9.17, 15) is 13.6 Å². The van der Waals surface area contributed by atoms with Gasteiger partial charge < -0.3 is 15.0 Å². The molecular formula is C17H15F2N3O2. The van der Waals surface area contributed by atoms with Crippen LogP contribution in [0, 0.1) is 11.6 Å². The number of nitrogens with one attached hydrogen (secondary N) is 2. The molecule has 0 saturated heterocycles. The fourth-order valence-corrected chi connectivity index (χ4v) is 2.23. The van der Waals surface area contributed by atoms with Crippen LogP contribution < -0.4 is 10.1 Å². The summed E-state index contributed by atoms with van der Waals surface area (Å²) >= 11 is 0. The van der Waals surface area contributed by atoms with E-state index < -0.39 is 17.5 Å². The van der Waals surface area contributed by atoms with Gasteiger partial charge in [0, 0.05) is 19.0 Å². The number of aromatic nitrogens is 2. The third-order valence-electron chi connectivity index (χ3n) is 3.38. The fourth-order valence-electron chi connectivity index (χ4n) is 2.23. The molecular weight excluding hydrogens is 316 g/mol. The van der Waals surface area contributed by atoms with Crippen molar-refractivity contribution in [2.45, 2.75) is 6.42 Å². The Hall–Kier alpha value is -2.96. The minimum absolute atomic E-state index is 0.163. The third-order valence-corrected chi connectivity index (χ3v) is 3.38. The van der Waals surface area contributed by atoms with Crippen molar-refractivity contribution < 1.29 is 18.3 Å². The summed E-state index contributed by atoms with van der Waals surface area (Å²) < 4.78 is 31.2. The van der Waals surface area contributed by atoms with E-state index in [1.54, 1.807) is 0 Å². The van der Waals surface area contributed by atoms with Gasteiger partial charge in [0.25, 0.3) is 5.91 Å². The largest absolute Gasteiger partial charge is 0.481 e. The first-order chi connectivity index (χ1) is 11.6. The predicted octanol–water partition coefficient (Wildman–Crippen LogP) is 2.58. The highest BCUT2D eigenvalue weighted by Crippen LogP contribution is 2.17. The summed E-state index contributed by atoms with van der Waals surface area (Å²) in [7, 11) is 0. The van der Waals surface area contributed by atoms with Gasteiger partial charge in [0.15, 0.2) is 18.2 Å². The van der Waals surface area contributed by atoms with Crippen LogP contribution in [0.3, 0.4) is 0 Å². The molecule has 3 rings (SSSR count). The minimum atomic E-state index is -0.843. The van der Waals surface area contributed by atoms with Gasteiger partial charge in [-0.15, -0.1) is 0 Å². The first kappa shape index (κ1) is 15.9. The first-order valence-corrected chi connectivity index (χ1v) is 7.40. The second-order valence-electron chi connectivity index (χ2n) is 5.16. The maximum Gasteiger partial charge on any atom is 0.257 e. The molecule has 0 fully saturated rings. The van der Waals surface area contributed by atoms with Crippen LogP contribution in [0.2, 0.25) is 0 Å². The van der Waals surface area contributed by atoms with Gasteiger partial charge in [0.05, 0.1) is 11.0 Å². The minimum Gasteiger partial charge on any atom is -0.481 e. The SMILES string of the molecule is O=C(COc1ccc(F)cc1F)NCCc1nc2ccccc2[nH]1. The number of para-hydroxylation sites is 2.